The first kappa shape index (κ1) is 20.3. The Morgan fingerprint density at radius 3 is 2.46 bits per heavy atom. The summed E-state index contributed by atoms with van der Waals surface area (Å²) in [5.41, 5.74) is 1.69. The molecule has 0 saturated heterocycles. The Balaban J connectivity index is 1.92. The molecular formula is C21H26FNO2S. The second kappa shape index (κ2) is 10.2. The SMILES string of the molecule is COc1ccc(C(CC(C)C)NC(=O)CSCc2ccccc2F)cc1. The molecule has 3 nitrogen and oxygen atoms in total. The molecule has 0 aliphatic rings. The highest BCUT2D eigenvalue weighted by Crippen LogP contribution is 2.24. The van der Waals surface area contributed by atoms with Crippen LogP contribution >= 0.6 is 11.8 Å². The van der Waals surface area contributed by atoms with E-state index in [1.54, 1.807) is 25.3 Å². The summed E-state index contributed by atoms with van der Waals surface area (Å²) >= 11 is 1.42. The van der Waals surface area contributed by atoms with Gasteiger partial charge in [-0.15, -0.1) is 11.8 Å². The van der Waals surface area contributed by atoms with E-state index in [1.807, 2.05) is 24.3 Å². The number of carbonyl (C=O) groups excluding carboxylic acids is 1. The van der Waals surface area contributed by atoms with Gasteiger partial charge in [0.25, 0.3) is 0 Å². The van der Waals surface area contributed by atoms with E-state index in [-0.39, 0.29) is 17.8 Å². The molecule has 2 rings (SSSR count). The van der Waals surface area contributed by atoms with Crippen molar-refractivity contribution < 1.29 is 13.9 Å². The van der Waals surface area contributed by atoms with E-state index in [9.17, 15) is 9.18 Å². The molecular weight excluding hydrogens is 349 g/mol. The monoisotopic (exact) mass is 375 g/mol. The van der Waals surface area contributed by atoms with Crippen molar-refractivity contribution in [1.29, 1.82) is 0 Å². The average molecular weight is 376 g/mol. The molecule has 0 spiro atoms. The molecule has 0 bridgehead atoms. The van der Waals surface area contributed by atoms with Crippen molar-refractivity contribution in [3.63, 3.8) is 0 Å². The number of carbonyl (C=O) groups is 1. The summed E-state index contributed by atoms with van der Waals surface area (Å²) in [5, 5.41) is 3.11. The van der Waals surface area contributed by atoms with Gasteiger partial charge in [0, 0.05) is 5.75 Å². The second-order valence-electron chi connectivity index (χ2n) is 6.61. The molecule has 1 atom stereocenters. The molecule has 0 aliphatic carbocycles. The Morgan fingerprint density at radius 2 is 1.85 bits per heavy atom. The lowest BCUT2D eigenvalue weighted by atomic mass is 9.97. The average Bonchev–Trinajstić information content (AvgIpc) is 2.62. The minimum atomic E-state index is -0.226. The molecule has 1 N–H and O–H groups in total. The third kappa shape index (κ3) is 6.37. The first-order valence-electron chi connectivity index (χ1n) is 8.74. The van der Waals surface area contributed by atoms with Crippen LogP contribution < -0.4 is 10.1 Å². The third-order valence-corrected chi connectivity index (χ3v) is 4.99. The highest BCUT2D eigenvalue weighted by Gasteiger charge is 2.16. The zero-order valence-corrected chi connectivity index (χ0v) is 16.3. The number of amides is 1. The van der Waals surface area contributed by atoms with E-state index in [1.165, 1.54) is 17.8 Å². The maximum Gasteiger partial charge on any atom is 0.230 e. The van der Waals surface area contributed by atoms with Crippen molar-refractivity contribution in [1.82, 2.24) is 5.32 Å². The van der Waals surface area contributed by atoms with E-state index in [4.69, 9.17) is 4.74 Å². The van der Waals surface area contributed by atoms with Crippen LogP contribution in [0.4, 0.5) is 4.39 Å². The molecule has 0 fully saturated rings. The molecule has 5 heteroatoms. The number of hydrogen-bond donors (Lipinski definition) is 1. The predicted molar refractivity (Wildman–Crippen MR) is 106 cm³/mol. The standard InChI is InChI=1S/C21H26FNO2S/c1-15(2)12-20(16-8-10-18(25-3)11-9-16)23-21(24)14-26-13-17-6-4-5-7-19(17)22/h4-11,15,20H,12-14H2,1-3H3,(H,23,24). The third-order valence-electron chi connectivity index (χ3n) is 4.01. The fraction of sp³-hybridized carbons (Fsp3) is 0.381. The lowest BCUT2D eigenvalue weighted by molar-refractivity contribution is -0.119. The van der Waals surface area contributed by atoms with Crippen molar-refractivity contribution in [2.24, 2.45) is 5.92 Å². The molecule has 1 amide bonds. The largest absolute Gasteiger partial charge is 0.497 e. The summed E-state index contributed by atoms with van der Waals surface area (Å²) in [6.07, 6.45) is 0.857. The van der Waals surface area contributed by atoms with Gasteiger partial charge < -0.3 is 10.1 Å². The van der Waals surface area contributed by atoms with Crippen LogP contribution in [-0.4, -0.2) is 18.8 Å². The number of ether oxygens (including phenoxy) is 1. The molecule has 1 unspecified atom stereocenters. The van der Waals surface area contributed by atoms with Crippen LogP contribution in [-0.2, 0) is 10.5 Å². The van der Waals surface area contributed by atoms with Crippen LogP contribution in [0, 0.1) is 11.7 Å². The van der Waals surface area contributed by atoms with Gasteiger partial charge in [0.1, 0.15) is 11.6 Å². The van der Waals surface area contributed by atoms with Crippen LogP contribution in [0.3, 0.4) is 0 Å². The van der Waals surface area contributed by atoms with Gasteiger partial charge in [-0.1, -0.05) is 44.2 Å². The van der Waals surface area contributed by atoms with Crippen molar-refractivity contribution in [2.75, 3.05) is 12.9 Å². The van der Waals surface area contributed by atoms with Gasteiger partial charge in [-0.25, -0.2) is 4.39 Å². The molecule has 26 heavy (non-hydrogen) atoms. The minimum Gasteiger partial charge on any atom is -0.497 e. The van der Waals surface area contributed by atoms with Crippen LogP contribution in [0.5, 0.6) is 5.75 Å². The summed E-state index contributed by atoms with van der Waals surface area (Å²) in [6.45, 7) is 4.27. The van der Waals surface area contributed by atoms with E-state index < -0.39 is 0 Å². The Labute approximate surface area is 159 Å². The highest BCUT2D eigenvalue weighted by atomic mass is 32.2. The minimum absolute atomic E-state index is 0.0344. The van der Waals surface area contributed by atoms with Crippen LogP contribution in [0.2, 0.25) is 0 Å². The molecule has 0 aliphatic heterocycles. The number of methoxy groups -OCH3 is 1. The normalized spacial score (nSPS) is 12.0. The molecule has 0 saturated carbocycles. The summed E-state index contributed by atoms with van der Waals surface area (Å²) in [4.78, 5) is 12.4. The number of rotatable bonds is 9. The first-order chi connectivity index (χ1) is 12.5. The summed E-state index contributed by atoms with van der Waals surface area (Å²) < 4.78 is 18.8. The maximum absolute atomic E-state index is 13.6. The zero-order valence-electron chi connectivity index (χ0n) is 15.5. The van der Waals surface area contributed by atoms with Crippen LogP contribution in [0.15, 0.2) is 48.5 Å². The maximum atomic E-state index is 13.6. The molecule has 0 heterocycles. The van der Waals surface area contributed by atoms with Gasteiger partial charge in [0.15, 0.2) is 0 Å². The molecule has 140 valence electrons. The summed E-state index contributed by atoms with van der Waals surface area (Å²) in [6, 6.07) is 14.4. The number of thioether (sulfide) groups is 1. The number of halogens is 1. The first-order valence-corrected chi connectivity index (χ1v) is 9.89. The molecule has 0 aromatic heterocycles. The number of nitrogens with one attached hydrogen (secondary N) is 1. The topological polar surface area (TPSA) is 38.3 Å². The zero-order chi connectivity index (χ0) is 18.9. The van der Waals surface area contributed by atoms with Crippen molar-refractivity contribution in [3.05, 3.63) is 65.5 Å². The summed E-state index contributed by atoms with van der Waals surface area (Å²) in [7, 11) is 1.63. The lowest BCUT2D eigenvalue weighted by Gasteiger charge is -2.21. The fourth-order valence-corrected chi connectivity index (χ4v) is 3.52. The molecule has 2 aromatic carbocycles. The summed E-state index contributed by atoms with van der Waals surface area (Å²) in [5.74, 6) is 1.78. The molecule has 0 radical (unpaired) electrons. The van der Waals surface area contributed by atoms with Crippen molar-refractivity contribution in [3.8, 4) is 5.75 Å². The Kier molecular flexibility index (Phi) is 7.98. The van der Waals surface area contributed by atoms with E-state index in [0.717, 1.165) is 17.7 Å². The predicted octanol–water partition coefficient (Wildman–Crippen LogP) is 4.97. The fourth-order valence-electron chi connectivity index (χ4n) is 2.69. The van der Waals surface area contributed by atoms with Crippen molar-refractivity contribution in [2.45, 2.75) is 32.1 Å². The highest BCUT2D eigenvalue weighted by molar-refractivity contribution is 7.99. The van der Waals surface area contributed by atoms with E-state index in [0.29, 0.717) is 23.0 Å². The van der Waals surface area contributed by atoms with E-state index in [2.05, 4.69) is 19.2 Å². The quantitative estimate of drug-likeness (QED) is 0.672. The van der Waals surface area contributed by atoms with Gasteiger partial charge in [0.05, 0.1) is 18.9 Å². The van der Waals surface area contributed by atoms with Crippen LogP contribution in [0.1, 0.15) is 37.4 Å². The van der Waals surface area contributed by atoms with Gasteiger partial charge in [-0.05, 0) is 41.7 Å². The van der Waals surface area contributed by atoms with Crippen LogP contribution in [0.25, 0.3) is 0 Å². The smallest absolute Gasteiger partial charge is 0.230 e. The Bertz CT molecular complexity index is 703. The van der Waals surface area contributed by atoms with Gasteiger partial charge in [-0.2, -0.15) is 0 Å². The Hall–Kier alpha value is -2.01. The number of benzene rings is 2. The van der Waals surface area contributed by atoms with Crippen molar-refractivity contribution >= 4 is 17.7 Å². The lowest BCUT2D eigenvalue weighted by Crippen LogP contribution is -2.30. The Morgan fingerprint density at radius 1 is 1.15 bits per heavy atom. The van der Waals surface area contributed by atoms with E-state index >= 15 is 0 Å². The molecule has 2 aromatic rings. The van der Waals surface area contributed by atoms with Gasteiger partial charge in [-0.3, -0.25) is 4.79 Å². The number of hydrogen-bond acceptors (Lipinski definition) is 3. The van der Waals surface area contributed by atoms with Gasteiger partial charge >= 0.3 is 0 Å². The van der Waals surface area contributed by atoms with Gasteiger partial charge in [0.2, 0.25) is 5.91 Å². The second-order valence-corrected chi connectivity index (χ2v) is 7.59.